The molecule has 0 heterocycles. The van der Waals surface area contributed by atoms with Gasteiger partial charge < -0.3 is 10.1 Å². The van der Waals surface area contributed by atoms with Crippen molar-refractivity contribution in [2.75, 3.05) is 11.9 Å². The summed E-state index contributed by atoms with van der Waals surface area (Å²) in [6.45, 7) is 5.94. The first-order valence-corrected chi connectivity index (χ1v) is 7.24. The van der Waals surface area contributed by atoms with Gasteiger partial charge >= 0.3 is 0 Å². The molecule has 122 valence electrons. The van der Waals surface area contributed by atoms with Gasteiger partial charge in [0.25, 0.3) is 5.91 Å². The van der Waals surface area contributed by atoms with Crippen molar-refractivity contribution in [3.05, 3.63) is 59.7 Å². The number of hydrogen-bond donors (Lipinski definition) is 1. The topological polar surface area (TPSA) is 38.3 Å². The Balaban J connectivity index is 2.01. The van der Waals surface area contributed by atoms with Crippen LogP contribution in [0.3, 0.4) is 0 Å². The number of benzene rings is 2. The van der Waals surface area contributed by atoms with Crippen LogP contribution in [0.4, 0.5) is 14.5 Å². The second-order valence-corrected chi connectivity index (χ2v) is 6.21. The highest BCUT2D eigenvalue weighted by molar-refractivity contribution is 5.91. The zero-order valence-corrected chi connectivity index (χ0v) is 13.3. The van der Waals surface area contributed by atoms with Crippen molar-refractivity contribution in [2.45, 2.75) is 26.2 Å². The molecule has 0 aromatic heterocycles. The van der Waals surface area contributed by atoms with Crippen molar-refractivity contribution in [3.63, 3.8) is 0 Å². The van der Waals surface area contributed by atoms with Gasteiger partial charge in [-0.3, -0.25) is 4.79 Å². The Morgan fingerprint density at radius 1 is 1.09 bits per heavy atom. The van der Waals surface area contributed by atoms with E-state index in [0.717, 1.165) is 17.7 Å². The molecule has 5 heteroatoms. The third-order valence-electron chi connectivity index (χ3n) is 3.26. The zero-order chi connectivity index (χ0) is 17.0. The third-order valence-corrected chi connectivity index (χ3v) is 3.26. The number of nitrogens with one attached hydrogen (secondary N) is 1. The van der Waals surface area contributed by atoms with Gasteiger partial charge in [0.05, 0.1) is 0 Å². The fourth-order valence-corrected chi connectivity index (χ4v) is 2.13. The van der Waals surface area contributed by atoms with Crippen LogP contribution in [0.1, 0.15) is 26.3 Å². The highest BCUT2D eigenvalue weighted by Crippen LogP contribution is 2.30. The molecule has 23 heavy (non-hydrogen) atoms. The van der Waals surface area contributed by atoms with Crippen LogP contribution in [-0.2, 0) is 10.2 Å². The van der Waals surface area contributed by atoms with Crippen molar-refractivity contribution in [2.24, 2.45) is 0 Å². The third kappa shape index (κ3) is 4.52. The molecule has 1 N–H and O–H groups in total. The van der Waals surface area contributed by atoms with Crippen molar-refractivity contribution in [1.82, 2.24) is 0 Å². The average Bonchev–Trinajstić information content (AvgIpc) is 2.48. The molecule has 0 atom stereocenters. The van der Waals surface area contributed by atoms with Gasteiger partial charge in [-0.1, -0.05) is 39.0 Å². The van der Waals surface area contributed by atoms with E-state index < -0.39 is 17.5 Å². The summed E-state index contributed by atoms with van der Waals surface area (Å²) < 4.78 is 31.5. The van der Waals surface area contributed by atoms with Gasteiger partial charge in [-0.15, -0.1) is 0 Å². The van der Waals surface area contributed by atoms with E-state index in [4.69, 9.17) is 4.74 Å². The van der Waals surface area contributed by atoms with Crippen LogP contribution in [0.25, 0.3) is 0 Å². The fraction of sp³-hybridized carbons (Fsp3) is 0.278. The Bertz CT molecular complexity index is 708. The second kappa shape index (κ2) is 6.77. The molecule has 0 bridgehead atoms. The van der Waals surface area contributed by atoms with E-state index in [1.807, 2.05) is 18.2 Å². The van der Waals surface area contributed by atoms with Gasteiger partial charge in [-0.2, -0.15) is 0 Å². The van der Waals surface area contributed by atoms with Crippen LogP contribution in [0.5, 0.6) is 5.75 Å². The number of rotatable bonds is 4. The summed E-state index contributed by atoms with van der Waals surface area (Å²) in [4.78, 5) is 11.9. The molecule has 0 spiro atoms. The Labute approximate surface area is 134 Å². The maximum absolute atomic E-state index is 13.1. The summed E-state index contributed by atoms with van der Waals surface area (Å²) in [6.07, 6.45) is 0. The lowest BCUT2D eigenvalue weighted by molar-refractivity contribution is -0.118. The number of para-hydroxylation sites is 1. The molecule has 0 aliphatic rings. The predicted molar refractivity (Wildman–Crippen MR) is 85.6 cm³/mol. The molecule has 0 fully saturated rings. The highest BCUT2D eigenvalue weighted by Gasteiger charge is 2.19. The first kappa shape index (κ1) is 16.9. The molecule has 0 radical (unpaired) electrons. The monoisotopic (exact) mass is 319 g/mol. The second-order valence-electron chi connectivity index (χ2n) is 6.21. The minimum atomic E-state index is -1.01. The molecule has 0 unspecified atom stereocenters. The van der Waals surface area contributed by atoms with Gasteiger partial charge in [-0.05, 0) is 29.2 Å². The molecule has 0 saturated heterocycles. The molecular weight excluding hydrogens is 300 g/mol. The largest absolute Gasteiger partial charge is 0.483 e. The summed E-state index contributed by atoms with van der Waals surface area (Å²) >= 11 is 0. The number of halogens is 2. The summed E-state index contributed by atoms with van der Waals surface area (Å²) in [6, 6.07) is 10.7. The van der Waals surface area contributed by atoms with Crippen LogP contribution in [0.2, 0.25) is 0 Å². The van der Waals surface area contributed by atoms with E-state index in [2.05, 4.69) is 26.1 Å². The number of carbonyl (C=O) groups excluding carboxylic acids is 1. The highest BCUT2D eigenvalue weighted by atomic mass is 19.2. The number of carbonyl (C=O) groups is 1. The van der Waals surface area contributed by atoms with E-state index in [9.17, 15) is 13.6 Å². The van der Waals surface area contributed by atoms with Gasteiger partial charge in [0.15, 0.2) is 18.2 Å². The van der Waals surface area contributed by atoms with Crippen LogP contribution in [0, 0.1) is 11.6 Å². The molecule has 1 amide bonds. The molecule has 0 aliphatic carbocycles. The SMILES string of the molecule is CC(C)(C)c1ccccc1OCC(=O)Nc1ccc(F)c(F)c1. The summed E-state index contributed by atoms with van der Waals surface area (Å²) in [5.41, 5.74) is 1.05. The lowest BCUT2D eigenvalue weighted by Gasteiger charge is -2.22. The van der Waals surface area contributed by atoms with Crippen molar-refractivity contribution in [1.29, 1.82) is 0 Å². The lowest BCUT2D eigenvalue weighted by atomic mass is 9.86. The summed E-state index contributed by atoms with van der Waals surface area (Å²) in [7, 11) is 0. The maximum atomic E-state index is 13.1. The molecular formula is C18H19F2NO2. The molecule has 0 saturated carbocycles. The molecule has 2 aromatic rings. The Kier molecular flexibility index (Phi) is 4.98. The smallest absolute Gasteiger partial charge is 0.262 e. The Hall–Kier alpha value is -2.43. The van der Waals surface area contributed by atoms with E-state index >= 15 is 0 Å². The van der Waals surface area contributed by atoms with Crippen molar-refractivity contribution >= 4 is 11.6 Å². The van der Waals surface area contributed by atoms with E-state index in [0.29, 0.717) is 5.75 Å². The first-order chi connectivity index (χ1) is 10.8. The van der Waals surface area contributed by atoms with Crippen LogP contribution < -0.4 is 10.1 Å². The maximum Gasteiger partial charge on any atom is 0.262 e. The van der Waals surface area contributed by atoms with Gasteiger partial charge in [0, 0.05) is 11.8 Å². The quantitative estimate of drug-likeness (QED) is 0.913. The van der Waals surface area contributed by atoms with Gasteiger partial charge in [0.2, 0.25) is 0 Å². The number of ether oxygens (including phenoxy) is 1. The fourth-order valence-electron chi connectivity index (χ4n) is 2.13. The minimum absolute atomic E-state index is 0.118. The Morgan fingerprint density at radius 3 is 2.43 bits per heavy atom. The summed E-state index contributed by atoms with van der Waals surface area (Å²) in [5, 5.41) is 2.47. The van der Waals surface area contributed by atoms with Crippen molar-refractivity contribution in [3.8, 4) is 5.75 Å². The van der Waals surface area contributed by atoms with E-state index in [-0.39, 0.29) is 17.7 Å². The van der Waals surface area contributed by atoms with Crippen LogP contribution in [0.15, 0.2) is 42.5 Å². The normalized spacial score (nSPS) is 11.2. The predicted octanol–water partition coefficient (Wildman–Crippen LogP) is 4.28. The van der Waals surface area contributed by atoms with E-state index in [1.54, 1.807) is 6.07 Å². The average molecular weight is 319 g/mol. The number of anilines is 1. The molecule has 2 rings (SSSR count). The van der Waals surface area contributed by atoms with Crippen LogP contribution >= 0.6 is 0 Å². The number of hydrogen-bond acceptors (Lipinski definition) is 2. The van der Waals surface area contributed by atoms with E-state index in [1.165, 1.54) is 6.07 Å². The minimum Gasteiger partial charge on any atom is -0.483 e. The van der Waals surface area contributed by atoms with Gasteiger partial charge in [0.1, 0.15) is 5.75 Å². The lowest BCUT2D eigenvalue weighted by Crippen LogP contribution is -2.22. The van der Waals surface area contributed by atoms with Crippen molar-refractivity contribution < 1.29 is 18.3 Å². The molecule has 2 aromatic carbocycles. The standard InChI is InChI=1S/C18H19F2NO2/c1-18(2,3)13-6-4-5-7-16(13)23-11-17(22)21-12-8-9-14(19)15(20)10-12/h4-10H,11H2,1-3H3,(H,21,22). The molecule has 0 aliphatic heterocycles. The van der Waals surface area contributed by atoms with Gasteiger partial charge in [-0.25, -0.2) is 8.78 Å². The van der Waals surface area contributed by atoms with Crippen LogP contribution in [-0.4, -0.2) is 12.5 Å². The zero-order valence-electron chi connectivity index (χ0n) is 13.3. The first-order valence-electron chi connectivity index (χ1n) is 7.24. The molecule has 3 nitrogen and oxygen atoms in total. The summed E-state index contributed by atoms with van der Waals surface area (Å²) in [5.74, 6) is -1.79. The Morgan fingerprint density at radius 2 is 1.78 bits per heavy atom. The number of amides is 1.